The zero-order valence-corrected chi connectivity index (χ0v) is 16.0. The molecule has 0 amide bonds. The van der Waals surface area contributed by atoms with Crippen LogP contribution >= 0.6 is 11.6 Å². The van der Waals surface area contributed by atoms with Gasteiger partial charge in [-0.1, -0.05) is 0 Å². The highest BCUT2D eigenvalue weighted by atomic mass is 35.5. The van der Waals surface area contributed by atoms with E-state index in [0.717, 1.165) is 32.4 Å². The molecule has 4 aliphatic rings. The second-order valence-corrected chi connectivity index (χ2v) is 9.21. The molecule has 8 heteroatoms. The number of rotatable bonds is 4. The minimum atomic E-state index is -1.26. The Bertz CT molecular complexity index is 482. The normalized spacial score (nSPS) is 49.7. The van der Waals surface area contributed by atoms with Crippen molar-refractivity contribution in [2.24, 2.45) is 17.8 Å². The molecule has 1 saturated carbocycles. The summed E-state index contributed by atoms with van der Waals surface area (Å²) >= 11 is 6.23. The van der Waals surface area contributed by atoms with Crippen molar-refractivity contribution in [1.29, 1.82) is 0 Å². The molecule has 0 radical (unpaired) electrons. The molecule has 6 nitrogen and oxygen atoms in total. The minimum absolute atomic E-state index is 0.0128. The molecule has 3 heterocycles. The lowest BCUT2D eigenvalue weighted by Gasteiger charge is -2.51. The molecule has 3 saturated heterocycles. The van der Waals surface area contributed by atoms with Crippen LogP contribution in [0, 0.1) is 17.8 Å². The van der Waals surface area contributed by atoms with Gasteiger partial charge in [0.15, 0.2) is 0 Å². The fourth-order valence-corrected chi connectivity index (χ4v) is 5.60. The van der Waals surface area contributed by atoms with E-state index in [2.05, 4.69) is 21.5 Å². The van der Waals surface area contributed by atoms with Crippen LogP contribution < -0.4 is 21.5 Å². The molecule has 7 unspecified atom stereocenters. The lowest BCUT2D eigenvalue weighted by Crippen LogP contribution is -2.71. The molecule has 26 heavy (non-hydrogen) atoms. The Balaban J connectivity index is 1.40. The van der Waals surface area contributed by atoms with Gasteiger partial charge in [0.1, 0.15) is 5.67 Å². The van der Waals surface area contributed by atoms with Crippen molar-refractivity contribution < 1.29 is 14.2 Å². The van der Waals surface area contributed by atoms with Gasteiger partial charge in [-0.15, -0.1) is 11.6 Å². The van der Waals surface area contributed by atoms with Crippen LogP contribution in [-0.2, 0) is 4.74 Å². The van der Waals surface area contributed by atoms with Gasteiger partial charge in [0.25, 0.3) is 0 Å². The second kappa shape index (κ2) is 8.15. The molecule has 0 aromatic heterocycles. The van der Waals surface area contributed by atoms with Gasteiger partial charge < -0.3 is 15.2 Å². The molecule has 1 aliphatic carbocycles. The highest BCUT2D eigenvalue weighted by Crippen LogP contribution is 2.38. The smallest absolute Gasteiger partial charge is 0.148 e. The van der Waals surface area contributed by atoms with E-state index in [0.29, 0.717) is 37.8 Å². The summed E-state index contributed by atoms with van der Waals surface area (Å²) in [4.78, 5) is 0. The Hall–Kier alpha value is -0.0200. The van der Waals surface area contributed by atoms with Gasteiger partial charge in [0.2, 0.25) is 0 Å². The van der Waals surface area contributed by atoms with Crippen LogP contribution in [0.2, 0.25) is 0 Å². The van der Waals surface area contributed by atoms with E-state index >= 15 is 0 Å². The van der Waals surface area contributed by atoms with Crippen LogP contribution in [0.3, 0.4) is 0 Å². The predicted molar refractivity (Wildman–Crippen MR) is 98.6 cm³/mol. The topological polar surface area (TPSA) is 77.6 Å². The number of halogens is 2. The fraction of sp³-hybridized carbons (Fsp3) is 1.00. The molecular weight excluding hydrogens is 359 g/mol. The van der Waals surface area contributed by atoms with Crippen molar-refractivity contribution in [3.8, 4) is 0 Å². The van der Waals surface area contributed by atoms with Gasteiger partial charge >= 0.3 is 0 Å². The summed E-state index contributed by atoms with van der Waals surface area (Å²) in [6.07, 6.45) is 3.78. The standard InChI is InChI=1S/C18H32ClFN4O2/c19-11-1-2-13(15(25)7-11)16-12-3-5-21-8-14(12)17(24-23-16)22-9-18(20)4-6-26-10-18/h11-17,21-25H,1-10H2/t11?,12?,13?,14?,15?,16?,17?,18-/m0/s1. The maximum atomic E-state index is 14.7. The zero-order chi connectivity index (χ0) is 18.1. The molecule has 5 N–H and O–H groups in total. The molecule has 0 aromatic carbocycles. The third-order valence-electron chi connectivity index (χ3n) is 6.84. The molecule has 0 bridgehead atoms. The second-order valence-electron chi connectivity index (χ2n) is 8.59. The SMILES string of the molecule is OC1CC(Cl)CCC1C1NNC(NC[C@@]2(F)CCOC2)C2CNCCC21. The van der Waals surface area contributed by atoms with E-state index in [1.165, 1.54) is 0 Å². The van der Waals surface area contributed by atoms with Crippen molar-refractivity contribution in [3.05, 3.63) is 0 Å². The Kier molecular flexibility index (Phi) is 6.05. The largest absolute Gasteiger partial charge is 0.393 e. The maximum Gasteiger partial charge on any atom is 0.148 e. The number of fused-ring (bicyclic) bond motifs is 1. The summed E-state index contributed by atoms with van der Waals surface area (Å²) in [5.74, 6) is 1.04. The Morgan fingerprint density at radius 3 is 2.85 bits per heavy atom. The monoisotopic (exact) mass is 390 g/mol. The van der Waals surface area contributed by atoms with Crippen LogP contribution in [0.25, 0.3) is 0 Å². The first-order valence-corrected chi connectivity index (χ1v) is 10.5. The van der Waals surface area contributed by atoms with E-state index < -0.39 is 5.67 Å². The molecular formula is C18H32ClFN4O2. The highest BCUT2D eigenvalue weighted by Gasteiger charge is 2.47. The number of hydrogen-bond acceptors (Lipinski definition) is 6. The lowest BCUT2D eigenvalue weighted by atomic mass is 9.69. The average molecular weight is 391 g/mol. The number of hydrazine groups is 1. The van der Waals surface area contributed by atoms with Gasteiger partial charge in [-0.05, 0) is 38.1 Å². The number of piperidine rings is 1. The van der Waals surface area contributed by atoms with Crippen LogP contribution in [0.4, 0.5) is 4.39 Å². The van der Waals surface area contributed by atoms with Crippen LogP contribution in [0.15, 0.2) is 0 Å². The third kappa shape index (κ3) is 4.04. The fourth-order valence-electron chi connectivity index (χ4n) is 5.29. The summed E-state index contributed by atoms with van der Waals surface area (Å²) in [7, 11) is 0. The molecule has 8 atom stereocenters. The first-order chi connectivity index (χ1) is 12.6. The lowest BCUT2D eigenvalue weighted by molar-refractivity contribution is -0.0219. The number of hydrogen-bond donors (Lipinski definition) is 5. The van der Waals surface area contributed by atoms with Gasteiger partial charge in [-0.2, -0.15) is 0 Å². The Morgan fingerprint density at radius 2 is 2.08 bits per heavy atom. The minimum Gasteiger partial charge on any atom is -0.393 e. The first-order valence-electron chi connectivity index (χ1n) is 10.1. The molecule has 4 rings (SSSR count). The molecule has 3 aliphatic heterocycles. The van der Waals surface area contributed by atoms with E-state index in [9.17, 15) is 9.50 Å². The van der Waals surface area contributed by atoms with Gasteiger partial charge in [-0.3, -0.25) is 10.7 Å². The quantitative estimate of drug-likeness (QED) is 0.450. The van der Waals surface area contributed by atoms with Crippen molar-refractivity contribution >= 4 is 11.6 Å². The van der Waals surface area contributed by atoms with Gasteiger partial charge in [-0.25, -0.2) is 9.82 Å². The highest BCUT2D eigenvalue weighted by molar-refractivity contribution is 6.20. The van der Waals surface area contributed by atoms with Crippen LogP contribution in [0.1, 0.15) is 32.1 Å². The number of nitrogens with one attached hydrogen (secondary N) is 4. The zero-order valence-electron chi connectivity index (χ0n) is 15.2. The summed E-state index contributed by atoms with van der Waals surface area (Å²) in [6, 6.07) is 0.230. The summed E-state index contributed by atoms with van der Waals surface area (Å²) in [5.41, 5.74) is 5.60. The Morgan fingerprint density at radius 1 is 1.19 bits per heavy atom. The van der Waals surface area contributed by atoms with Crippen molar-refractivity contribution in [3.63, 3.8) is 0 Å². The van der Waals surface area contributed by atoms with E-state index in [1.54, 1.807) is 0 Å². The summed E-state index contributed by atoms with van der Waals surface area (Å²) < 4.78 is 19.9. The van der Waals surface area contributed by atoms with Crippen LogP contribution in [-0.4, -0.2) is 67.3 Å². The molecule has 150 valence electrons. The van der Waals surface area contributed by atoms with Crippen molar-refractivity contribution in [2.45, 2.75) is 61.5 Å². The van der Waals surface area contributed by atoms with E-state index in [1.807, 2.05) is 0 Å². The average Bonchev–Trinajstić information content (AvgIpc) is 3.07. The number of ether oxygens (including phenoxy) is 1. The van der Waals surface area contributed by atoms with Crippen molar-refractivity contribution in [2.75, 3.05) is 32.8 Å². The Labute approximate surface area is 159 Å². The van der Waals surface area contributed by atoms with Gasteiger partial charge in [0, 0.05) is 49.4 Å². The molecule has 0 spiro atoms. The first kappa shape index (κ1) is 19.3. The number of aliphatic hydroxyl groups is 1. The van der Waals surface area contributed by atoms with Crippen molar-refractivity contribution in [1.82, 2.24) is 21.5 Å². The molecule has 0 aromatic rings. The molecule has 4 fully saturated rings. The van der Waals surface area contributed by atoms with E-state index in [-0.39, 0.29) is 36.2 Å². The summed E-state index contributed by atoms with van der Waals surface area (Å²) in [6.45, 7) is 2.90. The van der Waals surface area contributed by atoms with E-state index in [4.69, 9.17) is 16.3 Å². The third-order valence-corrected chi connectivity index (χ3v) is 7.24. The maximum absolute atomic E-state index is 14.7. The number of aliphatic hydroxyl groups excluding tert-OH is 1. The summed E-state index contributed by atoms with van der Waals surface area (Å²) in [5, 5.41) is 17.5. The predicted octanol–water partition coefficient (Wildman–Crippen LogP) is 0.501. The number of alkyl halides is 2. The van der Waals surface area contributed by atoms with Crippen LogP contribution in [0.5, 0.6) is 0 Å². The van der Waals surface area contributed by atoms with Gasteiger partial charge in [0.05, 0.1) is 18.9 Å².